The molecule has 0 radical (unpaired) electrons. The van der Waals surface area contributed by atoms with Crippen LogP contribution in [-0.2, 0) is 16.0 Å². The number of hydrogen-bond acceptors (Lipinski definition) is 5. The number of carboxylic acid groups (broad SMARTS) is 1. The zero-order valence-corrected chi connectivity index (χ0v) is 23.9. The fourth-order valence-electron chi connectivity index (χ4n) is 4.35. The quantitative estimate of drug-likeness (QED) is 0.135. The van der Waals surface area contributed by atoms with Gasteiger partial charge >= 0.3 is 5.97 Å². The highest BCUT2D eigenvalue weighted by atomic mass is 35.5. The lowest BCUT2D eigenvalue weighted by atomic mass is 10.00. The molecule has 4 aromatic rings. The number of anilines is 2. The molecule has 0 aromatic heterocycles. The molecule has 0 aliphatic carbocycles. The summed E-state index contributed by atoms with van der Waals surface area (Å²) in [7, 11) is 0. The second-order valence-electron chi connectivity index (χ2n) is 9.69. The van der Waals surface area contributed by atoms with Crippen molar-refractivity contribution in [1.29, 1.82) is 0 Å². The van der Waals surface area contributed by atoms with Gasteiger partial charge in [-0.2, -0.15) is 0 Å². The maximum atomic E-state index is 13.1. The standard InChI is InChI=1S/C34H31ClN2O5/c1-23(2)33(39)37(27-16-14-26(35)15-17-27)20-21-42-28-18-12-24(13-19-28)22-31(34(40)41)36-30-11-7-6-10-29(30)32(38)25-8-4-3-5-9-25/h3-19,31,36H,1,20-22H2,2H3,(H,40,41). The molecule has 8 heteroatoms. The minimum atomic E-state index is -1.04. The Hall–Kier alpha value is -4.88. The van der Waals surface area contributed by atoms with Gasteiger partial charge in [0, 0.05) is 39.5 Å². The summed E-state index contributed by atoms with van der Waals surface area (Å²) in [6.45, 7) is 5.94. The Kier molecular flexibility index (Phi) is 10.1. The molecule has 4 aromatic carbocycles. The van der Waals surface area contributed by atoms with Crippen molar-refractivity contribution in [3.63, 3.8) is 0 Å². The maximum Gasteiger partial charge on any atom is 0.326 e. The molecular formula is C34H31ClN2O5. The van der Waals surface area contributed by atoms with Crippen molar-refractivity contribution in [3.05, 3.63) is 137 Å². The molecule has 0 aliphatic rings. The van der Waals surface area contributed by atoms with Crippen LogP contribution >= 0.6 is 11.6 Å². The molecule has 7 nitrogen and oxygen atoms in total. The summed E-state index contributed by atoms with van der Waals surface area (Å²) in [4.78, 5) is 39.5. The lowest BCUT2D eigenvalue weighted by Gasteiger charge is -2.23. The van der Waals surface area contributed by atoms with Crippen LogP contribution in [0.4, 0.5) is 11.4 Å². The van der Waals surface area contributed by atoms with Crippen molar-refractivity contribution in [2.24, 2.45) is 0 Å². The summed E-state index contributed by atoms with van der Waals surface area (Å²) in [5, 5.41) is 13.6. The van der Waals surface area contributed by atoms with Crippen LogP contribution in [0.15, 0.2) is 115 Å². The third-order valence-electron chi connectivity index (χ3n) is 6.53. The van der Waals surface area contributed by atoms with Crippen molar-refractivity contribution in [2.45, 2.75) is 19.4 Å². The highest BCUT2D eigenvalue weighted by Crippen LogP contribution is 2.23. The lowest BCUT2D eigenvalue weighted by Crippen LogP contribution is -2.35. The van der Waals surface area contributed by atoms with Gasteiger partial charge in [0.05, 0.1) is 6.54 Å². The van der Waals surface area contributed by atoms with E-state index < -0.39 is 12.0 Å². The summed E-state index contributed by atoms with van der Waals surface area (Å²) in [5.74, 6) is -0.863. The Morgan fingerprint density at radius 1 is 0.905 bits per heavy atom. The van der Waals surface area contributed by atoms with Crippen molar-refractivity contribution in [1.82, 2.24) is 0 Å². The third kappa shape index (κ3) is 7.86. The van der Waals surface area contributed by atoms with Crippen molar-refractivity contribution in [3.8, 4) is 5.75 Å². The van der Waals surface area contributed by atoms with Crippen LogP contribution in [0, 0.1) is 0 Å². The number of ketones is 1. The number of rotatable bonds is 13. The minimum Gasteiger partial charge on any atom is -0.492 e. The first-order valence-corrected chi connectivity index (χ1v) is 13.7. The summed E-state index contributed by atoms with van der Waals surface area (Å²) < 4.78 is 5.88. The number of carbonyl (C=O) groups excluding carboxylic acids is 2. The van der Waals surface area contributed by atoms with E-state index in [2.05, 4.69) is 11.9 Å². The van der Waals surface area contributed by atoms with Gasteiger partial charge in [-0.3, -0.25) is 9.59 Å². The lowest BCUT2D eigenvalue weighted by molar-refractivity contribution is -0.137. The monoisotopic (exact) mass is 582 g/mol. The summed E-state index contributed by atoms with van der Waals surface area (Å²) in [5.41, 5.74) is 3.24. The predicted octanol–water partition coefficient (Wildman–Crippen LogP) is 6.67. The first-order valence-electron chi connectivity index (χ1n) is 13.4. The first kappa shape index (κ1) is 30.1. The van der Waals surface area contributed by atoms with E-state index in [1.165, 1.54) is 0 Å². The molecule has 1 amide bonds. The number of para-hydroxylation sites is 1. The second-order valence-corrected chi connectivity index (χ2v) is 10.1. The molecule has 0 saturated carbocycles. The number of ether oxygens (including phenoxy) is 1. The fraction of sp³-hybridized carbons (Fsp3) is 0.147. The van der Waals surface area contributed by atoms with E-state index >= 15 is 0 Å². The van der Waals surface area contributed by atoms with Gasteiger partial charge in [0.1, 0.15) is 18.4 Å². The smallest absolute Gasteiger partial charge is 0.326 e. The van der Waals surface area contributed by atoms with Crippen LogP contribution in [0.1, 0.15) is 28.4 Å². The average Bonchev–Trinajstić information content (AvgIpc) is 3.00. The number of hydrogen-bond donors (Lipinski definition) is 2. The second kappa shape index (κ2) is 14.1. The molecule has 0 saturated heterocycles. The van der Waals surface area contributed by atoms with E-state index in [1.54, 1.807) is 109 Å². The first-order chi connectivity index (χ1) is 20.2. The van der Waals surface area contributed by atoms with Crippen LogP contribution in [0.5, 0.6) is 5.75 Å². The van der Waals surface area contributed by atoms with Gasteiger partial charge in [-0.05, 0) is 61.0 Å². The Morgan fingerprint density at radius 2 is 1.55 bits per heavy atom. The normalized spacial score (nSPS) is 11.3. The van der Waals surface area contributed by atoms with E-state index in [9.17, 15) is 19.5 Å². The van der Waals surface area contributed by atoms with E-state index in [4.69, 9.17) is 16.3 Å². The zero-order valence-electron chi connectivity index (χ0n) is 23.1. The van der Waals surface area contributed by atoms with Gasteiger partial charge in [-0.15, -0.1) is 0 Å². The topological polar surface area (TPSA) is 95.9 Å². The van der Waals surface area contributed by atoms with Crippen LogP contribution in [0.25, 0.3) is 0 Å². The van der Waals surface area contributed by atoms with E-state index in [-0.39, 0.29) is 24.7 Å². The summed E-state index contributed by atoms with van der Waals surface area (Å²) in [6, 6.07) is 28.8. The number of benzene rings is 4. The Bertz CT molecular complexity index is 1550. The Balaban J connectivity index is 1.39. The number of halogens is 1. The number of aliphatic carboxylic acids is 1. The van der Waals surface area contributed by atoms with Crippen LogP contribution in [-0.4, -0.2) is 42.0 Å². The van der Waals surface area contributed by atoms with Crippen molar-refractivity contribution in [2.75, 3.05) is 23.4 Å². The molecule has 1 atom stereocenters. The molecule has 0 bridgehead atoms. The van der Waals surface area contributed by atoms with Gasteiger partial charge in [-0.25, -0.2) is 4.79 Å². The number of nitrogens with one attached hydrogen (secondary N) is 1. The fourth-order valence-corrected chi connectivity index (χ4v) is 4.48. The van der Waals surface area contributed by atoms with Crippen molar-refractivity contribution < 1.29 is 24.2 Å². The molecule has 4 rings (SSSR count). The molecule has 214 valence electrons. The summed E-state index contributed by atoms with van der Waals surface area (Å²) in [6.07, 6.45) is 0.181. The zero-order chi connectivity index (χ0) is 30.1. The van der Waals surface area contributed by atoms with Gasteiger partial charge < -0.3 is 20.1 Å². The summed E-state index contributed by atoms with van der Waals surface area (Å²) >= 11 is 5.99. The average molecular weight is 583 g/mol. The van der Waals surface area contributed by atoms with E-state index in [0.717, 1.165) is 5.56 Å². The van der Waals surface area contributed by atoms with Gasteiger partial charge in [0.15, 0.2) is 5.78 Å². The molecule has 0 spiro atoms. The minimum absolute atomic E-state index is 0.181. The predicted molar refractivity (Wildman–Crippen MR) is 166 cm³/mol. The van der Waals surface area contributed by atoms with Crippen molar-refractivity contribution >= 4 is 40.6 Å². The van der Waals surface area contributed by atoms with Gasteiger partial charge in [-0.1, -0.05) is 72.8 Å². The van der Waals surface area contributed by atoms with Gasteiger partial charge in [0.2, 0.25) is 0 Å². The van der Waals surface area contributed by atoms with E-state index in [0.29, 0.717) is 45.4 Å². The molecule has 1 unspecified atom stereocenters. The SMILES string of the molecule is C=C(C)C(=O)N(CCOc1ccc(CC(Nc2ccccc2C(=O)c2ccccc2)C(=O)O)cc1)c1ccc(Cl)cc1. The molecule has 0 fully saturated rings. The molecule has 42 heavy (non-hydrogen) atoms. The molecular weight excluding hydrogens is 552 g/mol. The number of carbonyl (C=O) groups is 3. The Morgan fingerprint density at radius 3 is 2.19 bits per heavy atom. The van der Waals surface area contributed by atoms with Crippen LogP contribution in [0.2, 0.25) is 5.02 Å². The number of amides is 1. The highest BCUT2D eigenvalue weighted by Gasteiger charge is 2.22. The highest BCUT2D eigenvalue weighted by molar-refractivity contribution is 6.30. The van der Waals surface area contributed by atoms with Crippen LogP contribution in [0.3, 0.4) is 0 Å². The largest absolute Gasteiger partial charge is 0.492 e. The molecule has 0 heterocycles. The van der Waals surface area contributed by atoms with Crippen LogP contribution < -0.4 is 15.0 Å². The molecule has 2 N–H and O–H groups in total. The maximum absolute atomic E-state index is 13.1. The third-order valence-corrected chi connectivity index (χ3v) is 6.78. The Labute approximate surface area is 250 Å². The number of carboxylic acids is 1. The van der Waals surface area contributed by atoms with Gasteiger partial charge in [0.25, 0.3) is 5.91 Å². The molecule has 0 aliphatic heterocycles. The number of nitrogens with zero attached hydrogens (tertiary/aromatic N) is 1. The van der Waals surface area contributed by atoms with E-state index in [1.807, 2.05) is 6.07 Å².